The Balaban J connectivity index is 1.67. The number of nitrogens with one attached hydrogen (secondary N) is 1. The summed E-state index contributed by atoms with van der Waals surface area (Å²) in [6, 6.07) is 5.94. The van der Waals surface area contributed by atoms with Crippen LogP contribution in [0.1, 0.15) is 38.2 Å². The van der Waals surface area contributed by atoms with E-state index in [1.165, 1.54) is 17.0 Å². The molecule has 1 saturated heterocycles. The predicted molar refractivity (Wildman–Crippen MR) is 88.5 cm³/mol. The molecule has 130 valence electrons. The lowest BCUT2D eigenvalue weighted by Crippen LogP contribution is -2.54. The topological polar surface area (TPSA) is 52.7 Å². The third-order valence-electron chi connectivity index (χ3n) is 5.25. The van der Waals surface area contributed by atoms with Crippen LogP contribution in [0.15, 0.2) is 24.3 Å². The van der Waals surface area contributed by atoms with Crippen molar-refractivity contribution in [2.24, 2.45) is 5.92 Å². The summed E-state index contributed by atoms with van der Waals surface area (Å²) in [6.45, 7) is 2.82. The van der Waals surface area contributed by atoms with Crippen LogP contribution >= 0.6 is 0 Å². The number of nitrogens with zero attached hydrogens (tertiary/aromatic N) is 2. The Bertz CT molecular complexity index is 634. The number of halogens is 1. The second-order valence-corrected chi connectivity index (χ2v) is 7.06. The summed E-state index contributed by atoms with van der Waals surface area (Å²) in [5, 5.41) is 2.96. The Morgan fingerprint density at radius 3 is 2.67 bits per heavy atom. The third-order valence-corrected chi connectivity index (χ3v) is 5.25. The lowest BCUT2D eigenvalue weighted by atomic mass is 9.73. The maximum atomic E-state index is 13.0. The highest BCUT2D eigenvalue weighted by Gasteiger charge is 2.54. The first-order chi connectivity index (χ1) is 11.4. The SMILES string of the molecule is C[C@@H]1CCCC[C@@]12NC(=O)N(CN(C)Cc1ccc(F)cc1)C2=O. The van der Waals surface area contributed by atoms with Crippen LogP contribution in [0, 0.1) is 11.7 Å². The van der Waals surface area contributed by atoms with Crippen molar-refractivity contribution in [2.45, 2.75) is 44.7 Å². The standard InChI is InChI=1S/C18H24FN3O2/c1-13-5-3-4-10-18(13)16(23)22(17(24)20-18)12-21(2)11-14-6-8-15(19)9-7-14/h6-9,13H,3-5,10-12H2,1-2H3,(H,20,24)/t13-,18-/m1/s1. The first-order valence-corrected chi connectivity index (χ1v) is 8.49. The van der Waals surface area contributed by atoms with Crippen LogP contribution in [0.5, 0.6) is 0 Å². The average molecular weight is 333 g/mol. The molecule has 3 amide bonds. The minimum atomic E-state index is -0.716. The number of benzene rings is 1. The molecule has 0 aromatic heterocycles. The van der Waals surface area contributed by atoms with Gasteiger partial charge in [-0.2, -0.15) is 0 Å². The lowest BCUT2D eigenvalue weighted by molar-refractivity contribution is -0.135. The Morgan fingerprint density at radius 1 is 1.29 bits per heavy atom. The van der Waals surface area contributed by atoms with E-state index in [1.807, 2.05) is 18.9 Å². The predicted octanol–water partition coefficient (Wildman–Crippen LogP) is 2.72. The summed E-state index contributed by atoms with van der Waals surface area (Å²) in [4.78, 5) is 28.5. The van der Waals surface area contributed by atoms with Crippen LogP contribution in [-0.2, 0) is 11.3 Å². The van der Waals surface area contributed by atoms with E-state index in [0.29, 0.717) is 6.54 Å². The van der Waals surface area contributed by atoms with Crippen molar-refractivity contribution in [1.82, 2.24) is 15.1 Å². The van der Waals surface area contributed by atoms with Gasteiger partial charge in [-0.3, -0.25) is 9.69 Å². The summed E-state index contributed by atoms with van der Waals surface area (Å²) in [7, 11) is 1.85. The maximum absolute atomic E-state index is 13.0. The van der Waals surface area contributed by atoms with Crippen LogP contribution in [0.4, 0.5) is 9.18 Å². The van der Waals surface area contributed by atoms with E-state index in [-0.39, 0.29) is 30.3 Å². The maximum Gasteiger partial charge on any atom is 0.326 e. The second-order valence-electron chi connectivity index (χ2n) is 7.06. The fourth-order valence-electron chi connectivity index (χ4n) is 3.82. The van der Waals surface area contributed by atoms with Gasteiger partial charge in [0.05, 0.1) is 6.67 Å². The van der Waals surface area contributed by atoms with Crippen molar-refractivity contribution in [3.63, 3.8) is 0 Å². The van der Waals surface area contributed by atoms with E-state index in [0.717, 1.165) is 31.2 Å². The van der Waals surface area contributed by atoms with E-state index < -0.39 is 5.54 Å². The van der Waals surface area contributed by atoms with Crippen molar-refractivity contribution in [2.75, 3.05) is 13.7 Å². The molecule has 1 aliphatic carbocycles. The molecule has 0 radical (unpaired) electrons. The van der Waals surface area contributed by atoms with Crippen LogP contribution < -0.4 is 5.32 Å². The van der Waals surface area contributed by atoms with Crippen molar-refractivity contribution in [3.8, 4) is 0 Å². The van der Waals surface area contributed by atoms with Gasteiger partial charge >= 0.3 is 6.03 Å². The molecule has 6 heteroatoms. The van der Waals surface area contributed by atoms with E-state index in [2.05, 4.69) is 5.32 Å². The van der Waals surface area contributed by atoms with Crippen molar-refractivity contribution < 1.29 is 14.0 Å². The Morgan fingerprint density at radius 2 is 2.00 bits per heavy atom. The zero-order valence-electron chi connectivity index (χ0n) is 14.2. The van der Waals surface area contributed by atoms with Gasteiger partial charge in [-0.25, -0.2) is 14.1 Å². The highest BCUT2D eigenvalue weighted by atomic mass is 19.1. The van der Waals surface area contributed by atoms with E-state index in [4.69, 9.17) is 0 Å². The molecule has 3 rings (SSSR count). The highest BCUT2D eigenvalue weighted by Crippen LogP contribution is 2.38. The number of carbonyl (C=O) groups is 2. The lowest BCUT2D eigenvalue weighted by Gasteiger charge is -2.37. The quantitative estimate of drug-likeness (QED) is 0.862. The summed E-state index contributed by atoms with van der Waals surface area (Å²) in [5.41, 5.74) is 0.221. The zero-order valence-corrected chi connectivity index (χ0v) is 14.2. The molecule has 1 saturated carbocycles. The molecule has 0 bridgehead atoms. The van der Waals surface area contributed by atoms with Crippen molar-refractivity contribution >= 4 is 11.9 Å². The number of hydrogen-bond acceptors (Lipinski definition) is 3. The number of carbonyl (C=O) groups excluding carboxylic acids is 2. The van der Waals surface area contributed by atoms with E-state index in [9.17, 15) is 14.0 Å². The van der Waals surface area contributed by atoms with Crippen LogP contribution in [0.25, 0.3) is 0 Å². The van der Waals surface area contributed by atoms with E-state index in [1.54, 1.807) is 12.1 Å². The summed E-state index contributed by atoms with van der Waals surface area (Å²) < 4.78 is 13.0. The number of hydrogen-bond donors (Lipinski definition) is 1. The normalized spacial score (nSPS) is 27.2. The first-order valence-electron chi connectivity index (χ1n) is 8.49. The van der Waals surface area contributed by atoms with Crippen molar-refractivity contribution in [1.29, 1.82) is 0 Å². The Hall–Kier alpha value is -1.95. The molecule has 2 aliphatic rings. The van der Waals surface area contributed by atoms with Gasteiger partial charge in [0.1, 0.15) is 11.4 Å². The molecule has 1 aliphatic heterocycles. The number of imide groups is 1. The fourth-order valence-corrected chi connectivity index (χ4v) is 3.82. The smallest absolute Gasteiger partial charge is 0.323 e. The highest BCUT2D eigenvalue weighted by molar-refractivity contribution is 6.07. The largest absolute Gasteiger partial charge is 0.326 e. The summed E-state index contributed by atoms with van der Waals surface area (Å²) in [6.07, 6.45) is 3.76. The number of amides is 3. The first kappa shape index (κ1) is 16.9. The minimum Gasteiger partial charge on any atom is -0.323 e. The minimum absolute atomic E-state index is 0.106. The molecule has 1 N–H and O–H groups in total. The fraction of sp³-hybridized carbons (Fsp3) is 0.556. The molecule has 24 heavy (non-hydrogen) atoms. The van der Waals surface area contributed by atoms with Gasteiger partial charge in [0.2, 0.25) is 0 Å². The van der Waals surface area contributed by atoms with Gasteiger partial charge in [-0.15, -0.1) is 0 Å². The molecular formula is C18H24FN3O2. The third kappa shape index (κ3) is 3.02. The molecule has 0 unspecified atom stereocenters. The van der Waals surface area contributed by atoms with E-state index >= 15 is 0 Å². The molecular weight excluding hydrogens is 309 g/mol. The molecule has 2 fully saturated rings. The van der Waals surface area contributed by atoms with Gasteiger partial charge in [-0.1, -0.05) is 31.9 Å². The Kier molecular flexibility index (Phi) is 4.58. The number of rotatable bonds is 4. The van der Waals surface area contributed by atoms with Crippen LogP contribution in [-0.4, -0.2) is 41.0 Å². The zero-order chi connectivity index (χ0) is 17.3. The molecule has 1 aromatic rings. The van der Waals surface area contributed by atoms with Crippen LogP contribution in [0.3, 0.4) is 0 Å². The average Bonchev–Trinajstić information content (AvgIpc) is 2.78. The molecule has 1 spiro atoms. The van der Waals surface area contributed by atoms with Gasteiger partial charge < -0.3 is 5.32 Å². The molecule has 1 heterocycles. The molecule has 2 atom stereocenters. The Labute approximate surface area is 141 Å². The van der Waals surface area contributed by atoms with Gasteiger partial charge in [0, 0.05) is 6.54 Å². The molecule has 5 nitrogen and oxygen atoms in total. The second kappa shape index (κ2) is 6.51. The monoisotopic (exact) mass is 333 g/mol. The summed E-state index contributed by atoms with van der Waals surface area (Å²) in [5.74, 6) is -0.218. The molecule has 1 aromatic carbocycles. The van der Waals surface area contributed by atoms with Crippen molar-refractivity contribution in [3.05, 3.63) is 35.6 Å². The number of urea groups is 1. The van der Waals surface area contributed by atoms with Gasteiger partial charge in [0.25, 0.3) is 5.91 Å². The summed E-state index contributed by atoms with van der Waals surface area (Å²) >= 11 is 0. The van der Waals surface area contributed by atoms with Gasteiger partial charge in [-0.05, 0) is 43.5 Å². The van der Waals surface area contributed by atoms with Gasteiger partial charge in [0.15, 0.2) is 0 Å². The van der Waals surface area contributed by atoms with Crippen LogP contribution in [0.2, 0.25) is 0 Å².